The monoisotopic (exact) mass is 310 g/mol. The SMILES string of the molecule is CCOC(=O)C1(C2=NC(NC)(NC)C=C(NC)O2)CCCC1. The van der Waals surface area contributed by atoms with Gasteiger partial charge in [-0.25, -0.2) is 4.99 Å². The number of hydrogen-bond acceptors (Lipinski definition) is 7. The number of carbonyl (C=O) groups is 1. The average Bonchev–Trinajstić information content (AvgIpc) is 3.05. The highest BCUT2D eigenvalue weighted by molar-refractivity contribution is 6.04. The summed E-state index contributed by atoms with van der Waals surface area (Å²) < 4.78 is 11.2. The Balaban J connectivity index is 2.43. The second-order valence-corrected chi connectivity index (χ2v) is 5.55. The lowest BCUT2D eigenvalue weighted by atomic mass is 9.85. The Morgan fingerprint density at radius 2 is 1.95 bits per heavy atom. The predicted molar refractivity (Wildman–Crippen MR) is 84.0 cm³/mol. The zero-order valence-electron chi connectivity index (χ0n) is 13.8. The summed E-state index contributed by atoms with van der Waals surface area (Å²) in [6, 6.07) is 0. The summed E-state index contributed by atoms with van der Waals surface area (Å²) in [5.41, 5.74) is -0.786. The maximum absolute atomic E-state index is 12.6. The van der Waals surface area contributed by atoms with Gasteiger partial charge in [0.2, 0.25) is 5.90 Å². The van der Waals surface area contributed by atoms with E-state index in [1.807, 2.05) is 13.0 Å². The molecular weight excluding hydrogens is 284 g/mol. The van der Waals surface area contributed by atoms with Crippen LogP contribution in [0.3, 0.4) is 0 Å². The van der Waals surface area contributed by atoms with Gasteiger partial charge >= 0.3 is 5.97 Å². The first-order valence-corrected chi connectivity index (χ1v) is 7.79. The molecule has 124 valence electrons. The van der Waals surface area contributed by atoms with Gasteiger partial charge in [0, 0.05) is 13.1 Å². The summed E-state index contributed by atoms with van der Waals surface area (Å²) in [5, 5.41) is 9.25. The fraction of sp³-hybridized carbons (Fsp3) is 0.733. The Hall–Kier alpha value is -1.60. The smallest absolute Gasteiger partial charge is 0.321 e. The van der Waals surface area contributed by atoms with Crippen molar-refractivity contribution in [2.75, 3.05) is 27.7 Å². The first kappa shape index (κ1) is 16.8. The summed E-state index contributed by atoms with van der Waals surface area (Å²) in [7, 11) is 5.38. The Morgan fingerprint density at radius 3 is 2.45 bits per heavy atom. The third-order valence-corrected chi connectivity index (χ3v) is 4.37. The van der Waals surface area contributed by atoms with Gasteiger partial charge in [0.05, 0.1) is 6.61 Å². The van der Waals surface area contributed by atoms with Crippen LogP contribution >= 0.6 is 0 Å². The molecule has 0 bridgehead atoms. The van der Waals surface area contributed by atoms with Crippen molar-refractivity contribution in [2.24, 2.45) is 10.4 Å². The molecule has 7 nitrogen and oxygen atoms in total. The maximum atomic E-state index is 12.6. The van der Waals surface area contributed by atoms with Crippen LogP contribution in [-0.4, -0.2) is 45.4 Å². The molecule has 0 unspecified atom stereocenters. The van der Waals surface area contributed by atoms with E-state index in [-0.39, 0.29) is 5.97 Å². The summed E-state index contributed by atoms with van der Waals surface area (Å²) >= 11 is 0. The Morgan fingerprint density at radius 1 is 1.32 bits per heavy atom. The highest BCUT2D eigenvalue weighted by atomic mass is 16.5. The number of rotatable bonds is 6. The molecule has 1 aliphatic heterocycles. The van der Waals surface area contributed by atoms with E-state index in [1.54, 1.807) is 21.1 Å². The van der Waals surface area contributed by atoms with Crippen LogP contribution in [0, 0.1) is 5.41 Å². The van der Waals surface area contributed by atoms with E-state index >= 15 is 0 Å². The van der Waals surface area contributed by atoms with Crippen LogP contribution in [0.4, 0.5) is 0 Å². The molecule has 0 amide bonds. The van der Waals surface area contributed by atoms with Crippen LogP contribution < -0.4 is 16.0 Å². The van der Waals surface area contributed by atoms with E-state index in [0.29, 0.717) is 31.2 Å². The van der Waals surface area contributed by atoms with E-state index in [9.17, 15) is 4.79 Å². The summed E-state index contributed by atoms with van der Waals surface area (Å²) in [5.74, 6) is -0.0680. The fourth-order valence-electron chi connectivity index (χ4n) is 3.00. The van der Waals surface area contributed by atoms with Crippen molar-refractivity contribution in [1.82, 2.24) is 16.0 Å². The van der Waals surface area contributed by atoms with Crippen molar-refractivity contribution < 1.29 is 14.3 Å². The number of aliphatic imine (C=N–C) groups is 1. The van der Waals surface area contributed by atoms with Gasteiger partial charge in [-0.1, -0.05) is 12.8 Å². The molecule has 0 saturated heterocycles. The fourth-order valence-corrected chi connectivity index (χ4v) is 3.00. The Kier molecular flexibility index (Phi) is 5.08. The summed E-state index contributed by atoms with van der Waals surface area (Å²) in [6.07, 6.45) is 5.14. The molecule has 0 radical (unpaired) electrons. The van der Waals surface area contributed by atoms with E-state index in [4.69, 9.17) is 9.47 Å². The molecule has 0 aromatic carbocycles. The lowest BCUT2D eigenvalue weighted by molar-refractivity contribution is -0.151. The zero-order chi connectivity index (χ0) is 16.2. The number of nitrogens with zero attached hydrogens (tertiary/aromatic N) is 1. The molecule has 0 aromatic rings. The molecule has 2 aliphatic rings. The molecule has 0 atom stereocenters. The van der Waals surface area contributed by atoms with Crippen molar-refractivity contribution in [2.45, 2.75) is 38.4 Å². The van der Waals surface area contributed by atoms with Gasteiger partial charge in [-0.15, -0.1) is 0 Å². The number of ether oxygens (including phenoxy) is 2. The van der Waals surface area contributed by atoms with Crippen LogP contribution in [0.2, 0.25) is 0 Å². The maximum Gasteiger partial charge on any atom is 0.321 e. The van der Waals surface area contributed by atoms with Crippen molar-refractivity contribution >= 4 is 11.9 Å². The number of likely N-dealkylation sites (N-methyl/N-ethyl adjacent to an activating group) is 2. The first-order chi connectivity index (χ1) is 10.6. The quantitative estimate of drug-likeness (QED) is 0.494. The van der Waals surface area contributed by atoms with Crippen molar-refractivity contribution in [1.29, 1.82) is 0 Å². The van der Waals surface area contributed by atoms with Gasteiger partial charge < -0.3 is 14.8 Å². The Bertz CT molecular complexity index is 477. The summed E-state index contributed by atoms with van der Waals surface area (Å²) in [6.45, 7) is 2.17. The average molecular weight is 310 g/mol. The van der Waals surface area contributed by atoms with Gasteiger partial charge in [0.15, 0.2) is 11.7 Å². The van der Waals surface area contributed by atoms with Gasteiger partial charge in [-0.3, -0.25) is 15.4 Å². The van der Waals surface area contributed by atoms with E-state index in [0.717, 1.165) is 12.8 Å². The number of carbonyl (C=O) groups excluding carboxylic acids is 1. The molecule has 22 heavy (non-hydrogen) atoms. The third kappa shape index (κ3) is 2.83. The molecule has 2 rings (SSSR count). The molecule has 1 aliphatic carbocycles. The normalized spacial score (nSPS) is 22.4. The highest BCUT2D eigenvalue weighted by Crippen LogP contribution is 2.43. The van der Waals surface area contributed by atoms with Crippen LogP contribution in [0.25, 0.3) is 0 Å². The topological polar surface area (TPSA) is 84.0 Å². The van der Waals surface area contributed by atoms with Gasteiger partial charge in [-0.2, -0.15) is 0 Å². The van der Waals surface area contributed by atoms with Gasteiger partial charge in [-0.05, 0) is 33.9 Å². The molecule has 3 N–H and O–H groups in total. The molecule has 0 aromatic heterocycles. The van der Waals surface area contributed by atoms with Crippen LogP contribution in [0.1, 0.15) is 32.6 Å². The van der Waals surface area contributed by atoms with Crippen molar-refractivity contribution in [3.63, 3.8) is 0 Å². The van der Waals surface area contributed by atoms with Crippen LogP contribution in [0.15, 0.2) is 17.0 Å². The van der Waals surface area contributed by atoms with E-state index < -0.39 is 11.2 Å². The second-order valence-electron chi connectivity index (χ2n) is 5.55. The first-order valence-electron chi connectivity index (χ1n) is 7.79. The lowest BCUT2D eigenvalue weighted by Gasteiger charge is -2.36. The largest absolute Gasteiger partial charge is 0.465 e. The third-order valence-electron chi connectivity index (χ3n) is 4.37. The number of hydrogen-bond donors (Lipinski definition) is 3. The van der Waals surface area contributed by atoms with Crippen LogP contribution in [-0.2, 0) is 14.3 Å². The molecule has 1 heterocycles. The van der Waals surface area contributed by atoms with Crippen LogP contribution in [0.5, 0.6) is 0 Å². The second kappa shape index (κ2) is 6.66. The lowest BCUT2D eigenvalue weighted by Crippen LogP contribution is -2.56. The molecule has 1 fully saturated rings. The minimum absolute atomic E-state index is 0.246. The minimum atomic E-state index is -0.798. The highest BCUT2D eigenvalue weighted by Gasteiger charge is 2.51. The molecular formula is C15H26N4O3. The number of esters is 1. The predicted octanol–water partition coefficient (Wildman–Crippen LogP) is 0.692. The van der Waals surface area contributed by atoms with E-state index in [1.165, 1.54) is 0 Å². The van der Waals surface area contributed by atoms with Crippen molar-refractivity contribution in [3.05, 3.63) is 12.0 Å². The van der Waals surface area contributed by atoms with Gasteiger partial charge in [0.25, 0.3) is 0 Å². The van der Waals surface area contributed by atoms with Gasteiger partial charge in [0.1, 0.15) is 5.41 Å². The Labute approximate surface area is 131 Å². The molecule has 0 spiro atoms. The van der Waals surface area contributed by atoms with Crippen molar-refractivity contribution in [3.8, 4) is 0 Å². The summed E-state index contributed by atoms with van der Waals surface area (Å²) in [4.78, 5) is 17.2. The zero-order valence-corrected chi connectivity index (χ0v) is 13.8. The molecule has 7 heteroatoms. The molecule has 1 saturated carbocycles. The van der Waals surface area contributed by atoms with E-state index in [2.05, 4.69) is 20.9 Å². The number of nitrogens with one attached hydrogen (secondary N) is 3. The minimum Gasteiger partial charge on any atom is -0.465 e. The standard InChI is InChI=1S/C15H26N4O3/c1-5-21-13(20)14(8-6-7-9-14)12-19-15(17-3,18-4)10-11(16-2)22-12/h10,16-18H,5-9H2,1-4H3.